The molecule has 1 amide bonds. The second-order valence-electron chi connectivity index (χ2n) is 5.28. The standard InChI is InChI=1S/C18H13N3O2/c19-17(22)12-3-1-11(2-4-12)16-9-21-18-15(16)7-14(8-20-18)13-5-6-23-10-13/h1-10H,(H2,19,22)(H,20,21). The van der Waals surface area contributed by atoms with Crippen LogP contribution in [0.25, 0.3) is 33.3 Å². The molecule has 0 saturated carbocycles. The fourth-order valence-corrected chi connectivity index (χ4v) is 2.64. The van der Waals surface area contributed by atoms with Gasteiger partial charge < -0.3 is 15.1 Å². The van der Waals surface area contributed by atoms with Crippen LogP contribution in [0.4, 0.5) is 0 Å². The van der Waals surface area contributed by atoms with E-state index < -0.39 is 5.91 Å². The number of aromatic nitrogens is 2. The van der Waals surface area contributed by atoms with Crippen LogP contribution in [0.2, 0.25) is 0 Å². The molecule has 0 aliphatic heterocycles. The number of aromatic amines is 1. The summed E-state index contributed by atoms with van der Waals surface area (Å²) >= 11 is 0. The number of amides is 1. The van der Waals surface area contributed by atoms with Crippen LogP contribution < -0.4 is 5.73 Å². The Morgan fingerprint density at radius 2 is 1.91 bits per heavy atom. The normalized spacial score (nSPS) is 11.0. The van der Waals surface area contributed by atoms with E-state index in [2.05, 4.69) is 16.0 Å². The third-order valence-electron chi connectivity index (χ3n) is 3.87. The molecular weight excluding hydrogens is 290 g/mol. The molecule has 0 atom stereocenters. The molecule has 3 N–H and O–H groups in total. The van der Waals surface area contributed by atoms with Crippen LogP contribution in [0.5, 0.6) is 0 Å². The molecule has 0 spiro atoms. The van der Waals surface area contributed by atoms with E-state index in [0.29, 0.717) is 5.56 Å². The van der Waals surface area contributed by atoms with Crippen molar-refractivity contribution in [2.75, 3.05) is 0 Å². The molecule has 5 nitrogen and oxygen atoms in total. The molecule has 4 rings (SSSR count). The lowest BCUT2D eigenvalue weighted by Crippen LogP contribution is -2.10. The van der Waals surface area contributed by atoms with E-state index in [0.717, 1.165) is 33.3 Å². The highest BCUT2D eigenvalue weighted by Crippen LogP contribution is 2.31. The van der Waals surface area contributed by atoms with Crippen molar-refractivity contribution < 1.29 is 9.21 Å². The number of carbonyl (C=O) groups is 1. The number of fused-ring (bicyclic) bond motifs is 1. The fraction of sp³-hybridized carbons (Fsp3) is 0. The first-order chi connectivity index (χ1) is 11.2. The molecule has 0 saturated heterocycles. The zero-order chi connectivity index (χ0) is 15.8. The van der Waals surface area contributed by atoms with Crippen LogP contribution in [-0.4, -0.2) is 15.9 Å². The number of carbonyl (C=O) groups excluding carboxylic acids is 1. The van der Waals surface area contributed by atoms with Crippen molar-refractivity contribution in [1.29, 1.82) is 0 Å². The number of nitrogens with one attached hydrogen (secondary N) is 1. The smallest absolute Gasteiger partial charge is 0.248 e. The van der Waals surface area contributed by atoms with E-state index in [9.17, 15) is 4.79 Å². The number of H-pyrrole nitrogens is 1. The summed E-state index contributed by atoms with van der Waals surface area (Å²) in [6, 6.07) is 11.2. The summed E-state index contributed by atoms with van der Waals surface area (Å²) in [6.45, 7) is 0. The van der Waals surface area contributed by atoms with Crippen molar-refractivity contribution >= 4 is 16.9 Å². The van der Waals surface area contributed by atoms with E-state index in [-0.39, 0.29) is 0 Å². The Bertz CT molecular complexity index is 983. The molecule has 3 heterocycles. The number of rotatable bonds is 3. The monoisotopic (exact) mass is 303 g/mol. The van der Waals surface area contributed by atoms with Gasteiger partial charge in [-0.2, -0.15) is 0 Å². The fourth-order valence-electron chi connectivity index (χ4n) is 2.64. The van der Waals surface area contributed by atoms with Crippen molar-refractivity contribution in [3.8, 4) is 22.3 Å². The van der Waals surface area contributed by atoms with Gasteiger partial charge in [-0.25, -0.2) is 4.98 Å². The van der Waals surface area contributed by atoms with Crippen LogP contribution in [-0.2, 0) is 0 Å². The molecule has 0 radical (unpaired) electrons. The van der Waals surface area contributed by atoms with Gasteiger partial charge in [-0.05, 0) is 29.8 Å². The number of furan rings is 1. The van der Waals surface area contributed by atoms with Gasteiger partial charge in [0.05, 0.1) is 12.5 Å². The van der Waals surface area contributed by atoms with Gasteiger partial charge in [0.15, 0.2) is 0 Å². The van der Waals surface area contributed by atoms with Crippen molar-refractivity contribution in [2.45, 2.75) is 0 Å². The number of benzene rings is 1. The van der Waals surface area contributed by atoms with Crippen molar-refractivity contribution in [1.82, 2.24) is 9.97 Å². The lowest BCUT2D eigenvalue weighted by Gasteiger charge is -2.02. The van der Waals surface area contributed by atoms with Crippen LogP contribution >= 0.6 is 0 Å². The molecule has 0 fully saturated rings. The summed E-state index contributed by atoms with van der Waals surface area (Å²) in [5.41, 5.74) is 10.6. The third kappa shape index (κ3) is 2.28. The Labute approximate surface area is 131 Å². The van der Waals surface area contributed by atoms with Crippen LogP contribution in [0.1, 0.15) is 10.4 Å². The van der Waals surface area contributed by atoms with Crippen molar-refractivity contribution in [3.05, 3.63) is 66.9 Å². The van der Waals surface area contributed by atoms with E-state index in [1.807, 2.05) is 30.6 Å². The average molecular weight is 303 g/mol. The van der Waals surface area contributed by atoms with Gasteiger partial charge in [-0.3, -0.25) is 4.79 Å². The molecule has 0 aliphatic carbocycles. The predicted molar refractivity (Wildman–Crippen MR) is 87.7 cm³/mol. The summed E-state index contributed by atoms with van der Waals surface area (Å²) in [4.78, 5) is 18.8. The highest BCUT2D eigenvalue weighted by atomic mass is 16.3. The summed E-state index contributed by atoms with van der Waals surface area (Å²) in [5, 5.41) is 1.01. The maximum absolute atomic E-state index is 11.2. The minimum atomic E-state index is -0.431. The second-order valence-corrected chi connectivity index (χ2v) is 5.28. The number of hydrogen-bond acceptors (Lipinski definition) is 3. The Hall–Kier alpha value is -3.34. The molecule has 5 heteroatoms. The lowest BCUT2D eigenvalue weighted by molar-refractivity contribution is 0.100. The Kier molecular flexibility index (Phi) is 2.98. The predicted octanol–water partition coefficient (Wildman–Crippen LogP) is 3.59. The summed E-state index contributed by atoms with van der Waals surface area (Å²) in [7, 11) is 0. The molecule has 112 valence electrons. The van der Waals surface area contributed by atoms with Crippen molar-refractivity contribution in [2.24, 2.45) is 5.73 Å². The topological polar surface area (TPSA) is 84.9 Å². The lowest BCUT2D eigenvalue weighted by atomic mass is 10.0. The molecular formula is C18H13N3O2. The SMILES string of the molecule is NC(=O)c1ccc(-c2c[nH]c3ncc(-c4ccoc4)cc23)cc1. The van der Waals surface area contributed by atoms with Crippen LogP contribution in [0, 0.1) is 0 Å². The molecule has 0 bridgehead atoms. The number of primary amides is 1. The molecule has 4 aromatic rings. The maximum Gasteiger partial charge on any atom is 0.248 e. The van der Waals surface area contributed by atoms with Gasteiger partial charge in [-0.1, -0.05) is 12.1 Å². The Balaban J connectivity index is 1.83. The quantitative estimate of drug-likeness (QED) is 0.606. The molecule has 0 unspecified atom stereocenters. The first-order valence-corrected chi connectivity index (χ1v) is 7.12. The van der Waals surface area contributed by atoms with Gasteiger partial charge in [-0.15, -0.1) is 0 Å². The highest BCUT2D eigenvalue weighted by Gasteiger charge is 2.10. The molecule has 3 aromatic heterocycles. The minimum Gasteiger partial charge on any atom is -0.472 e. The number of nitrogens with zero attached hydrogens (tertiary/aromatic N) is 1. The van der Waals surface area contributed by atoms with Gasteiger partial charge in [0.1, 0.15) is 5.65 Å². The van der Waals surface area contributed by atoms with Gasteiger partial charge in [0, 0.05) is 40.0 Å². The summed E-state index contributed by atoms with van der Waals surface area (Å²) in [6.07, 6.45) is 7.05. The van der Waals surface area contributed by atoms with E-state index in [4.69, 9.17) is 10.2 Å². The molecule has 1 aromatic carbocycles. The second kappa shape index (κ2) is 5.14. The maximum atomic E-state index is 11.2. The average Bonchev–Trinajstić information content (AvgIpc) is 3.24. The first-order valence-electron chi connectivity index (χ1n) is 7.12. The van der Waals surface area contributed by atoms with Gasteiger partial charge in [0.2, 0.25) is 5.91 Å². The molecule has 0 aliphatic rings. The zero-order valence-electron chi connectivity index (χ0n) is 12.1. The first kappa shape index (κ1) is 13.3. The van der Waals surface area contributed by atoms with E-state index in [1.54, 1.807) is 24.7 Å². The van der Waals surface area contributed by atoms with Gasteiger partial charge in [0.25, 0.3) is 0 Å². The number of nitrogens with two attached hydrogens (primary N) is 1. The van der Waals surface area contributed by atoms with Crippen LogP contribution in [0.15, 0.2) is 65.7 Å². The van der Waals surface area contributed by atoms with Crippen molar-refractivity contribution in [3.63, 3.8) is 0 Å². The third-order valence-corrected chi connectivity index (χ3v) is 3.87. The highest BCUT2D eigenvalue weighted by molar-refractivity contribution is 5.97. The Morgan fingerprint density at radius 3 is 2.61 bits per heavy atom. The van der Waals surface area contributed by atoms with Gasteiger partial charge >= 0.3 is 0 Å². The van der Waals surface area contributed by atoms with E-state index in [1.165, 1.54) is 0 Å². The molecule has 23 heavy (non-hydrogen) atoms. The number of hydrogen-bond donors (Lipinski definition) is 2. The van der Waals surface area contributed by atoms with Crippen LogP contribution in [0.3, 0.4) is 0 Å². The minimum absolute atomic E-state index is 0.431. The number of pyridine rings is 1. The van der Waals surface area contributed by atoms with E-state index >= 15 is 0 Å². The summed E-state index contributed by atoms with van der Waals surface area (Å²) < 4.78 is 5.13. The Morgan fingerprint density at radius 1 is 1.09 bits per heavy atom. The zero-order valence-corrected chi connectivity index (χ0v) is 12.1. The summed E-state index contributed by atoms with van der Waals surface area (Å²) in [5.74, 6) is -0.431. The largest absolute Gasteiger partial charge is 0.472 e.